The molecule has 2 saturated carbocycles. The zero-order valence-corrected chi connectivity index (χ0v) is 28.0. The molecule has 0 aliphatic heterocycles. The lowest BCUT2D eigenvalue weighted by Crippen LogP contribution is -2.49. The molecule has 2 bridgehead atoms. The zero-order valence-electron chi connectivity index (χ0n) is 28.0. The van der Waals surface area contributed by atoms with Crippen molar-refractivity contribution in [1.29, 1.82) is 0 Å². The molecule has 0 N–H and O–H groups in total. The first-order chi connectivity index (χ1) is 23.4. The molecule has 2 fully saturated rings. The Hall–Kier alpha value is -4.56. The third kappa shape index (κ3) is 3.98. The highest BCUT2D eigenvalue weighted by Crippen LogP contribution is 2.65. The lowest BCUT2D eigenvalue weighted by atomic mass is 9.49. The third-order valence-corrected chi connectivity index (χ3v) is 12.6. The fraction of sp³-hybridized carbons (Fsp3) is 0.261. The fourth-order valence-electron chi connectivity index (χ4n) is 10.8. The van der Waals surface area contributed by atoms with Crippen LogP contribution in [0, 0.1) is 30.6 Å². The van der Waals surface area contributed by atoms with Crippen LogP contribution >= 0.6 is 0 Å². The molecule has 5 atom stereocenters. The number of rotatable bonds is 2. The standard InChI is InChI=1S/C46H39BO/c1-26-16-29-19-28(3)46(36(17-26)20-29)41-14-11-33(34-12-15-44-39(23-34)38-6-4-5-7-43(38)48-44)24-40(41)45-27(2)18-35(25-42(45)46)31-8-9-32-22-37(47)13-10-30(32)21-31/h4-15,18,21-26,28-29,36H,16-17,19-20H2,1-3H3. The van der Waals surface area contributed by atoms with E-state index in [1.54, 1.807) is 11.1 Å². The van der Waals surface area contributed by atoms with Crippen LogP contribution < -0.4 is 5.46 Å². The van der Waals surface area contributed by atoms with E-state index in [1.807, 2.05) is 12.1 Å². The number of hydrogen-bond acceptors (Lipinski definition) is 1. The summed E-state index contributed by atoms with van der Waals surface area (Å²) < 4.78 is 6.18. The van der Waals surface area contributed by atoms with E-state index >= 15 is 0 Å². The maximum atomic E-state index is 6.18. The van der Waals surface area contributed by atoms with Gasteiger partial charge in [0.05, 0.1) is 0 Å². The number of fused-ring (bicyclic) bond motifs is 12. The number of aryl methyl sites for hydroxylation is 1. The summed E-state index contributed by atoms with van der Waals surface area (Å²) in [5.74, 6) is 2.87. The van der Waals surface area contributed by atoms with Crippen molar-refractivity contribution in [3.63, 3.8) is 0 Å². The minimum atomic E-state index is 0.0329. The number of benzene rings is 6. The zero-order chi connectivity index (χ0) is 32.3. The molecule has 0 saturated heterocycles. The molecular weight excluding hydrogens is 579 g/mol. The van der Waals surface area contributed by atoms with E-state index in [-0.39, 0.29) is 5.41 Å². The van der Waals surface area contributed by atoms with Gasteiger partial charge in [-0.25, -0.2) is 0 Å². The van der Waals surface area contributed by atoms with Crippen molar-refractivity contribution in [2.24, 2.45) is 23.7 Å². The Bertz CT molecular complexity index is 2440. The first kappa shape index (κ1) is 28.5. The van der Waals surface area contributed by atoms with Crippen LogP contribution in [0.3, 0.4) is 0 Å². The molecule has 5 unspecified atom stereocenters. The van der Waals surface area contributed by atoms with Crippen molar-refractivity contribution in [3.05, 3.63) is 126 Å². The van der Waals surface area contributed by atoms with Gasteiger partial charge >= 0.3 is 0 Å². The second-order valence-corrected chi connectivity index (χ2v) is 15.5. The molecule has 2 radical (unpaired) electrons. The largest absolute Gasteiger partial charge is 0.456 e. The summed E-state index contributed by atoms with van der Waals surface area (Å²) in [5, 5.41) is 4.79. The molecular formula is C46H39BO. The normalized spacial score (nSPS) is 24.4. The van der Waals surface area contributed by atoms with Gasteiger partial charge in [0.25, 0.3) is 0 Å². The Kier molecular flexibility index (Phi) is 6.06. The summed E-state index contributed by atoms with van der Waals surface area (Å²) in [7, 11) is 6.12. The van der Waals surface area contributed by atoms with E-state index in [4.69, 9.17) is 12.3 Å². The van der Waals surface area contributed by atoms with Crippen LogP contribution in [0.25, 0.3) is 66.1 Å². The highest BCUT2D eigenvalue weighted by molar-refractivity contribution is 6.33. The van der Waals surface area contributed by atoms with E-state index in [9.17, 15) is 0 Å². The van der Waals surface area contributed by atoms with Gasteiger partial charge in [-0.05, 0) is 154 Å². The van der Waals surface area contributed by atoms with Gasteiger partial charge in [-0.1, -0.05) is 92.1 Å². The van der Waals surface area contributed by atoms with Crippen LogP contribution in [-0.2, 0) is 5.41 Å². The summed E-state index contributed by atoms with van der Waals surface area (Å²) in [5.41, 5.74) is 15.3. The van der Waals surface area contributed by atoms with E-state index in [0.29, 0.717) is 11.8 Å². The van der Waals surface area contributed by atoms with Gasteiger partial charge in [0, 0.05) is 16.2 Å². The monoisotopic (exact) mass is 618 g/mol. The van der Waals surface area contributed by atoms with Gasteiger partial charge in [-0.2, -0.15) is 0 Å². The van der Waals surface area contributed by atoms with Gasteiger partial charge in [-0.15, -0.1) is 0 Å². The first-order valence-corrected chi connectivity index (χ1v) is 17.9. The van der Waals surface area contributed by atoms with Crippen LogP contribution in [0.1, 0.15) is 56.2 Å². The lowest BCUT2D eigenvalue weighted by molar-refractivity contribution is 0.0426. The van der Waals surface area contributed by atoms with Crippen LogP contribution in [-0.4, -0.2) is 7.85 Å². The molecule has 1 heterocycles. The summed E-state index contributed by atoms with van der Waals surface area (Å²) in [6.07, 6.45) is 5.36. The molecule has 3 aliphatic carbocycles. The fourth-order valence-corrected chi connectivity index (χ4v) is 10.8. The van der Waals surface area contributed by atoms with Gasteiger partial charge in [0.2, 0.25) is 0 Å². The van der Waals surface area contributed by atoms with Crippen LogP contribution in [0.15, 0.2) is 114 Å². The topological polar surface area (TPSA) is 13.1 Å². The minimum Gasteiger partial charge on any atom is -0.456 e. The van der Waals surface area contributed by atoms with Crippen LogP contribution in [0.2, 0.25) is 0 Å². The SMILES string of the molecule is [B]c1ccc2cc(-c3cc(C)c4c(c3)C3(c5ccc(-c6ccc7oc8ccccc8c7c6)cc5-4)C(C)CC4CC(C)CC3C4)ccc2c1. The quantitative estimate of drug-likeness (QED) is 0.176. The van der Waals surface area contributed by atoms with Crippen molar-refractivity contribution in [3.8, 4) is 33.4 Å². The lowest BCUT2D eigenvalue weighted by Gasteiger charge is -2.54. The molecule has 48 heavy (non-hydrogen) atoms. The molecule has 1 nitrogen and oxygen atoms in total. The van der Waals surface area contributed by atoms with Gasteiger partial charge < -0.3 is 4.42 Å². The second kappa shape index (κ2) is 10.2. The molecule has 1 aromatic heterocycles. The summed E-state index contributed by atoms with van der Waals surface area (Å²) in [6.45, 7) is 7.42. The van der Waals surface area contributed by atoms with E-state index < -0.39 is 0 Å². The summed E-state index contributed by atoms with van der Waals surface area (Å²) in [6, 6.07) is 40.7. The molecule has 7 aromatic rings. The Labute approximate surface area is 284 Å². The maximum absolute atomic E-state index is 6.18. The highest BCUT2D eigenvalue weighted by atomic mass is 16.3. The number of para-hydroxylation sites is 1. The Morgan fingerprint density at radius 3 is 2.29 bits per heavy atom. The van der Waals surface area contributed by atoms with Crippen LogP contribution in [0.5, 0.6) is 0 Å². The van der Waals surface area contributed by atoms with Crippen molar-refractivity contribution < 1.29 is 4.42 Å². The Morgan fingerprint density at radius 2 is 1.38 bits per heavy atom. The summed E-state index contributed by atoms with van der Waals surface area (Å²) in [4.78, 5) is 0. The molecule has 10 rings (SSSR count). The van der Waals surface area contributed by atoms with Gasteiger partial charge in [-0.3, -0.25) is 0 Å². The minimum absolute atomic E-state index is 0.0329. The van der Waals surface area contributed by atoms with Gasteiger partial charge in [0.15, 0.2) is 0 Å². The highest BCUT2D eigenvalue weighted by Gasteiger charge is 2.57. The van der Waals surface area contributed by atoms with Crippen LogP contribution in [0.4, 0.5) is 0 Å². The third-order valence-electron chi connectivity index (χ3n) is 12.6. The smallest absolute Gasteiger partial charge is 0.135 e. The molecule has 1 spiro atoms. The molecule has 232 valence electrons. The molecule has 3 aliphatic rings. The Morgan fingerprint density at radius 1 is 0.625 bits per heavy atom. The van der Waals surface area contributed by atoms with Gasteiger partial charge in [0.1, 0.15) is 19.0 Å². The van der Waals surface area contributed by atoms with Crippen molar-refractivity contribution >= 4 is 46.0 Å². The number of furan rings is 1. The van der Waals surface area contributed by atoms with Crippen molar-refractivity contribution in [1.82, 2.24) is 0 Å². The maximum Gasteiger partial charge on any atom is 0.135 e. The van der Waals surface area contributed by atoms with E-state index in [0.717, 1.165) is 28.5 Å². The predicted octanol–water partition coefficient (Wildman–Crippen LogP) is 11.5. The Balaban J connectivity index is 1.19. The summed E-state index contributed by atoms with van der Waals surface area (Å²) >= 11 is 0. The number of hydrogen-bond donors (Lipinski definition) is 0. The second-order valence-electron chi connectivity index (χ2n) is 15.5. The molecule has 6 aromatic carbocycles. The molecule has 2 heteroatoms. The van der Waals surface area contributed by atoms with E-state index in [1.165, 1.54) is 86.2 Å². The first-order valence-electron chi connectivity index (χ1n) is 17.9. The molecule has 0 amide bonds. The van der Waals surface area contributed by atoms with Crippen molar-refractivity contribution in [2.45, 2.75) is 51.9 Å². The average molecular weight is 619 g/mol. The predicted molar refractivity (Wildman–Crippen MR) is 202 cm³/mol. The van der Waals surface area contributed by atoms with E-state index in [2.05, 4.69) is 118 Å². The van der Waals surface area contributed by atoms with Crippen molar-refractivity contribution in [2.75, 3.05) is 0 Å². The average Bonchev–Trinajstić information content (AvgIpc) is 3.60.